The lowest BCUT2D eigenvalue weighted by Crippen LogP contribution is -2.18. The zero-order chi connectivity index (χ0) is 14.8. The standard InChI is InChI=1S/C18H27NO/c1-3-4-5-6-7-11-14-17(15(2)18(19)20)16-12-9-8-10-13-16/h8-10,12-13,17H,2-7,11,14H2,1H3,(H2,19,20). The molecule has 110 valence electrons. The molecule has 2 N–H and O–H groups in total. The van der Waals surface area contributed by atoms with Crippen molar-refractivity contribution in [2.24, 2.45) is 5.73 Å². The van der Waals surface area contributed by atoms with Crippen LogP contribution in [0.2, 0.25) is 0 Å². The van der Waals surface area contributed by atoms with Crippen molar-refractivity contribution >= 4 is 5.91 Å². The number of carbonyl (C=O) groups excluding carboxylic acids is 1. The molecule has 1 aromatic rings. The molecular weight excluding hydrogens is 246 g/mol. The Bertz CT molecular complexity index is 411. The Labute approximate surface area is 123 Å². The summed E-state index contributed by atoms with van der Waals surface area (Å²) in [4.78, 5) is 11.4. The van der Waals surface area contributed by atoms with Crippen molar-refractivity contribution in [2.45, 2.75) is 57.8 Å². The maximum atomic E-state index is 11.4. The van der Waals surface area contributed by atoms with E-state index in [1.54, 1.807) is 0 Å². The van der Waals surface area contributed by atoms with E-state index in [-0.39, 0.29) is 11.8 Å². The Kier molecular flexibility index (Phi) is 7.71. The molecule has 0 spiro atoms. The SMILES string of the molecule is C=C(C(N)=O)C(CCCCCCCC)c1ccccc1. The third kappa shape index (κ3) is 5.60. The molecule has 0 fully saturated rings. The molecule has 0 aromatic heterocycles. The van der Waals surface area contributed by atoms with E-state index in [1.807, 2.05) is 18.2 Å². The fraction of sp³-hybridized carbons (Fsp3) is 0.500. The van der Waals surface area contributed by atoms with Crippen LogP contribution in [0.25, 0.3) is 0 Å². The number of carbonyl (C=O) groups is 1. The fourth-order valence-corrected chi connectivity index (χ4v) is 2.53. The van der Waals surface area contributed by atoms with E-state index in [0.717, 1.165) is 18.4 Å². The predicted molar refractivity (Wildman–Crippen MR) is 85.5 cm³/mol. The van der Waals surface area contributed by atoms with E-state index in [2.05, 4.69) is 25.6 Å². The van der Waals surface area contributed by atoms with Gasteiger partial charge in [-0.15, -0.1) is 0 Å². The van der Waals surface area contributed by atoms with Crippen LogP contribution in [-0.2, 0) is 4.79 Å². The Morgan fingerprint density at radius 3 is 2.30 bits per heavy atom. The molecule has 0 saturated carbocycles. The van der Waals surface area contributed by atoms with Crippen LogP contribution in [-0.4, -0.2) is 5.91 Å². The highest BCUT2D eigenvalue weighted by atomic mass is 16.1. The zero-order valence-electron chi connectivity index (χ0n) is 12.6. The molecular formula is C18H27NO. The van der Waals surface area contributed by atoms with Gasteiger partial charge in [0.15, 0.2) is 0 Å². The van der Waals surface area contributed by atoms with Gasteiger partial charge in [-0.3, -0.25) is 4.79 Å². The van der Waals surface area contributed by atoms with Crippen molar-refractivity contribution < 1.29 is 4.79 Å². The van der Waals surface area contributed by atoms with E-state index in [1.165, 1.54) is 32.1 Å². The molecule has 1 atom stereocenters. The highest BCUT2D eigenvalue weighted by Gasteiger charge is 2.18. The van der Waals surface area contributed by atoms with Gasteiger partial charge in [-0.25, -0.2) is 0 Å². The number of hydrogen-bond acceptors (Lipinski definition) is 1. The van der Waals surface area contributed by atoms with Gasteiger partial charge in [0.25, 0.3) is 0 Å². The maximum absolute atomic E-state index is 11.4. The molecule has 0 aliphatic heterocycles. The van der Waals surface area contributed by atoms with E-state index in [9.17, 15) is 4.79 Å². The molecule has 0 saturated heterocycles. The lowest BCUT2D eigenvalue weighted by molar-refractivity contribution is -0.114. The number of unbranched alkanes of at least 4 members (excludes halogenated alkanes) is 5. The second kappa shape index (κ2) is 9.35. The summed E-state index contributed by atoms with van der Waals surface area (Å²) >= 11 is 0. The Morgan fingerprint density at radius 1 is 1.10 bits per heavy atom. The summed E-state index contributed by atoms with van der Waals surface area (Å²) in [6, 6.07) is 10.1. The van der Waals surface area contributed by atoms with Gasteiger partial charge in [-0.2, -0.15) is 0 Å². The molecule has 20 heavy (non-hydrogen) atoms. The maximum Gasteiger partial charge on any atom is 0.244 e. The second-order valence-electron chi connectivity index (χ2n) is 5.41. The number of primary amides is 1. The van der Waals surface area contributed by atoms with Gasteiger partial charge in [0.1, 0.15) is 0 Å². The highest BCUT2D eigenvalue weighted by Crippen LogP contribution is 2.29. The molecule has 1 unspecified atom stereocenters. The molecule has 1 aromatic carbocycles. The van der Waals surface area contributed by atoms with Crippen LogP contribution in [0.4, 0.5) is 0 Å². The van der Waals surface area contributed by atoms with Crippen LogP contribution in [0.15, 0.2) is 42.5 Å². The van der Waals surface area contributed by atoms with Crippen LogP contribution >= 0.6 is 0 Å². The van der Waals surface area contributed by atoms with Gasteiger partial charge in [-0.05, 0) is 12.0 Å². The summed E-state index contributed by atoms with van der Waals surface area (Å²) in [6.45, 7) is 6.11. The predicted octanol–water partition coefficient (Wildman–Crippen LogP) is 4.56. The minimum Gasteiger partial charge on any atom is -0.366 e. The van der Waals surface area contributed by atoms with Crippen molar-refractivity contribution in [1.82, 2.24) is 0 Å². The van der Waals surface area contributed by atoms with Gasteiger partial charge in [0, 0.05) is 11.5 Å². The molecule has 0 aliphatic rings. The molecule has 2 heteroatoms. The minimum atomic E-state index is -0.384. The molecule has 0 aliphatic carbocycles. The first kappa shape index (κ1) is 16.5. The van der Waals surface area contributed by atoms with E-state index < -0.39 is 0 Å². The number of benzene rings is 1. The Hall–Kier alpha value is -1.57. The molecule has 1 rings (SSSR count). The van der Waals surface area contributed by atoms with Crippen LogP contribution < -0.4 is 5.73 Å². The van der Waals surface area contributed by atoms with Crippen molar-refractivity contribution in [2.75, 3.05) is 0 Å². The van der Waals surface area contributed by atoms with Crippen molar-refractivity contribution in [3.05, 3.63) is 48.0 Å². The molecule has 0 radical (unpaired) electrons. The minimum absolute atomic E-state index is 0.0693. The van der Waals surface area contributed by atoms with Gasteiger partial charge in [-0.1, -0.05) is 82.4 Å². The zero-order valence-corrected chi connectivity index (χ0v) is 12.6. The topological polar surface area (TPSA) is 43.1 Å². The van der Waals surface area contributed by atoms with Crippen LogP contribution in [0.1, 0.15) is 63.4 Å². The lowest BCUT2D eigenvalue weighted by Gasteiger charge is -2.18. The molecule has 1 amide bonds. The van der Waals surface area contributed by atoms with E-state index in [0.29, 0.717) is 5.57 Å². The van der Waals surface area contributed by atoms with Crippen LogP contribution in [0.3, 0.4) is 0 Å². The Morgan fingerprint density at radius 2 is 1.70 bits per heavy atom. The summed E-state index contributed by atoms with van der Waals surface area (Å²) in [6.07, 6.45) is 8.46. The molecule has 2 nitrogen and oxygen atoms in total. The summed E-state index contributed by atoms with van der Waals surface area (Å²) in [7, 11) is 0. The average molecular weight is 273 g/mol. The van der Waals surface area contributed by atoms with E-state index in [4.69, 9.17) is 5.73 Å². The van der Waals surface area contributed by atoms with Gasteiger partial charge >= 0.3 is 0 Å². The van der Waals surface area contributed by atoms with E-state index >= 15 is 0 Å². The van der Waals surface area contributed by atoms with Gasteiger partial charge < -0.3 is 5.73 Å². The van der Waals surface area contributed by atoms with Crippen LogP contribution in [0.5, 0.6) is 0 Å². The number of nitrogens with two attached hydrogens (primary N) is 1. The number of amides is 1. The third-order valence-corrected chi connectivity index (χ3v) is 3.79. The first-order chi connectivity index (χ1) is 9.66. The highest BCUT2D eigenvalue weighted by molar-refractivity contribution is 5.92. The summed E-state index contributed by atoms with van der Waals surface area (Å²) in [5, 5.41) is 0. The third-order valence-electron chi connectivity index (χ3n) is 3.79. The lowest BCUT2D eigenvalue weighted by atomic mass is 9.87. The summed E-state index contributed by atoms with van der Waals surface area (Å²) < 4.78 is 0. The van der Waals surface area contributed by atoms with Crippen molar-refractivity contribution in [3.8, 4) is 0 Å². The summed E-state index contributed by atoms with van der Waals surface area (Å²) in [5.41, 5.74) is 7.08. The van der Waals surface area contributed by atoms with Crippen molar-refractivity contribution in [3.63, 3.8) is 0 Å². The first-order valence-electron chi connectivity index (χ1n) is 7.70. The smallest absolute Gasteiger partial charge is 0.244 e. The number of rotatable bonds is 10. The second-order valence-corrected chi connectivity index (χ2v) is 5.41. The molecule has 0 heterocycles. The first-order valence-corrected chi connectivity index (χ1v) is 7.70. The fourth-order valence-electron chi connectivity index (χ4n) is 2.53. The van der Waals surface area contributed by atoms with Crippen LogP contribution in [0, 0.1) is 0 Å². The van der Waals surface area contributed by atoms with Crippen molar-refractivity contribution in [1.29, 1.82) is 0 Å². The normalized spacial score (nSPS) is 12.1. The molecule has 0 bridgehead atoms. The van der Waals surface area contributed by atoms with Gasteiger partial charge in [0.2, 0.25) is 5.91 Å². The monoisotopic (exact) mass is 273 g/mol. The Balaban J connectivity index is 2.52. The largest absolute Gasteiger partial charge is 0.366 e. The summed E-state index contributed by atoms with van der Waals surface area (Å²) in [5.74, 6) is -0.315. The number of hydrogen-bond donors (Lipinski definition) is 1. The average Bonchev–Trinajstić information content (AvgIpc) is 2.47. The van der Waals surface area contributed by atoms with Gasteiger partial charge in [0.05, 0.1) is 0 Å². The quantitative estimate of drug-likeness (QED) is 0.493.